The molecule has 1 amide bonds. The molecule has 3 heterocycles. The Hall–Kier alpha value is -0.620. The van der Waals surface area contributed by atoms with Crippen LogP contribution in [0.2, 0.25) is 0 Å². The van der Waals surface area contributed by atoms with Crippen LogP contribution >= 0.6 is 23.7 Å². The van der Waals surface area contributed by atoms with Crippen molar-refractivity contribution in [2.45, 2.75) is 12.5 Å². The van der Waals surface area contributed by atoms with Crippen molar-refractivity contribution < 1.29 is 4.79 Å². The molecule has 1 unspecified atom stereocenters. The molecule has 0 radical (unpaired) electrons. The summed E-state index contributed by atoms with van der Waals surface area (Å²) >= 11 is 1.54. The summed E-state index contributed by atoms with van der Waals surface area (Å²) < 4.78 is 0. The van der Waals surface area contributed by atoms with Gasteiger partial charge in [-0.15, -0.1) is 23.7 Å². The number of halogens is 1. The first kappa shape index (κ1) is 14.8. The van der Waals surface area contributed by atoms with E-state index in [9.17, 15) is 4.79 Å². The third-order valence-electron chi connectivity index (χ3n) is 3.88. The van der Waals surface area contributed by atoms with Gasteiger partial charge in [0, 0.05) is 38.8 Å². The Morgan fingerprint density at radius 1 is 1.32 bits per heavy atom. The van der Waals surface area contributed by atoms with Crippen molar-refractivity contribution in [2.75, 3.05) is 39.3 Å². The normalized spacial score (nSPS) is 24.2. The highest BCUT2D eigenvalue weighted by atomic mass is 35.5. The summed E-state index contributed by atoms with van der Waals surface area (Å²) in [5, 5.41) is 5.37. The number of rotatable bonds is 2. The predicted octanol–water partition coefficient (Wildman–Crippen LogP) is 1.29. The molecule has 0 spiro atoms. The molecule has 106 valence electrons. The van der Waals surface area contributed by atoms with Crippen molar-refractivity contribution in [1.29, 1.82) is 0 Å². The van der Waals surface area contributed by atoms with Gasteiger partial charge in [0.25, 0.3) is 5.91 Å². The zero-order valence-corrected chi connectivity index (χ0v) is 12.5. The van der Waals surface area contributed by atoms with Gasteiger partial charge < -0.3 is 10.2 Å². The van der Waals surface area contributed by atoms with Crippen LogP contribution < -0.4 is 5.32 Å². The fraction of sp³-hybridized carbons (Fsp3) is 0.615. The second kappa shape index (κ2) is 6.70. The number of hydrogen-bond donors (Lipinski definition) is 1. The third kappa shape index (κ3) is 3.28. The van der Waals surface area contributed by atoms with E-state index < -0.39 is 0 Å². The number of amides is 1. The monoisotopic (exact) mass is 301 g/mol. The largest absolute Gasteiger partial charge is 0.335 e. The van der Waals surface area contributed by atoms with Crippen molar-refractivity contribution in [3.05, 3.63) is 22.4 Å². The molecular weight excluding hydrogens is 282 g/mol. The summed E-state index contributed by atoms with van der Waals surface area (Å²) in [7, 11) is 0. The summed E-state index contributed by atoms with van der Waals surface area (Å²) in [6.45, 7) is 6.02. The molecule has 19 heavy (non-hydrogen) atoms. The van der Waals surface area contributed by atoms with E-state index in [1.54, 1.807) is 0 Å². The first-order valence-corrected chi connectivity index (χ1v) is 7.50. The molecule has 0 bridgehead atoms. The van der Waals surface area contributed by atoms with Gasteiger partial charge in [-0.3, -0.25) is 9.69 Å². The number of carbonyl (C=O) groups excluding carboxylic acids is 1. The summed E-state index contributed by atoms with van der Waals surface area (Å²) in [6.07, 6.45) is 1.25. The Labute approximate surface area is 124 Å². The van der Waals surface area contributed by atoms with Gasteiger partial charge in [0.15, 0.2) is 0 Å². The van der Waals surface area contributed by atoms with Gasteiger partial charge in [-0.25, -0.2) is 0 Å². The SMILES string of the molecule is Cl.O=C(c1cccs1)N1CCN(C2CCNC2)CC1. The molecule has 2 aliphatic heterocycles. The molecule has 6 heteroatoms. The Balaban J connectivity index is 0.00000133. The van der Waals surface area contributed by atoms with E-state index >= 15 is 0 Å². The molecule has 1 aromatic rings. The van der Waals surface area contributed by atoms with Crippen LogP contribution in [0, 0.1) is 0 Å². The zero-order valence-electron chi connectivity index (χ0n) is 10.9. The van der Waals surface area contributed by atoms with Crippen LogP contribution in [0.15, 0.2) is 17.5 Å². The number of thiophene rings is 1. The van der Waals surface area contributed by atoms with Crippen molar-refractivity contribution in [3.8, 4) is 0 Å². The van der Waals surface area contributed by atoms with E-state index in [0.29, 0.717) is 6.04 Å². The third-order valence-corrected chi connectivity index (χ3v) is 4.74. The summed E-state index contributed by atoms with van der Waals surface area (Å²) in [4.78, 5) is 17.6. The molecule has 2 aliphatic rings. The number of nitrogens with zero attached hydrogens (tertiary/aromatic N) is 2. The first-order valence-electron chi connectivity index (χ1n) is 6.62. The maximum atomic E-state index is 12.2. The standard InChI is InChI=1S/C13H19N3OS.ClH/c17-13(12-2-1-9-18-12)16-7-5-15(6-8-16)11-3-4-14-10-11;/h1-2,9,11,14H,3-8,10H2;1H. The van der Waals surface area contributed by atoms with Crippen molar-refractivity contribution >= 4 is 29.7 Å². The predicted molar refractivity (Wildman–Crippen MR) is 80.3 cm³/mol. The summed E-state index contributed by atoms with van der Waals surface area (Å²) in [5.41, 5.74) is 0. The zero-order chi connectivity index (χ0) is 12.4. The topological polar surface area (TPSA) is 35.6 Å². The van der Waals surface area contributed by atoms with E-state index in [4.69, 9.17) is 0 Å². The fourth-order valence-corrected chi connectivity index (χ4v) is 3.49. The van der Waals surface area contributed by atoms with Gasteiger partial charge in [-0.05, 0) is 24.4 Å². The lowest BCUT2D eigenvalue weighted by Gasteiger charge is -2.37. The van der Waals surface area contributed by atoms with Gasteiger partial charge in [-0.1, -0.05) is 6.07 Å². The van der Waals surface area contributed by atoms with Gasteiger partial charge in [0.2, 0.25) is 0 Å². The van der Waals surface area contributed by atoms with Gasteiger partial charge in [0.1, 0.15) is 0 Å². The molecule has 1 atom stereocenters. The quantitative estimate of drug-likeness (QED) is 0.894. The van der Waals surface area contributed by atoms with Gasteiger partial charge in [0.05, 0.1) is 4.88 Å². The summed E-state index contributed by atoms with van der Waals surface area (Å²) in [6, 6.07) is 4.54. The molecule has 1 N–H and O–H groups in total. The highest BCUT2D eigenvalue weighted by molar-refractivity contribution is 7.12. The molecule has 2 fully saturated rings. The van der Waals surface area contributed by atoms with Crippen LogP contribution in [0.5, 0.6) is 0 Å². The minimum Gasteiger partial charge on any atom is -0.335 e. The lowest BCUT2D eigenvalue weighted by Crippen LogP contribution is -2.52. The molecule has 0 aromatic carbocycles. The minimum atomic E-state index is 0. The maximum Gasteiger partial charge on any atom is 0.264 e. The lowest BCUT2D eigenvalue weighted by molar-refractivity contribution is 0.0588. The average molecular weight is 302 g/mol. The molecule has 3 rings (SSSR count). The lowest BCUT2D eigenvalue weighted by atomic mass is 10.2. The molecule has 2 saturated heterocycles. The number of hydrogen-bond acceptors (Lipinski definition) is 4. The number of nitrogens with one attached hydrogen (secondary N) is 1. The van der Waals surface area contributed by atoms with E-state index in [-0.39, 0.29) is 18.3 Å². The Morgan fingerprint density at radius 3 is 2.68 bits per heavy atom. The van der Waals surface area contributed by atoms with Crippen molar-refractivity contribution in [2.24, 2.45) is 0 Å². The van der Waals surface area contributed by atoms with Crippen LogP contribution in [0.25, 0.3) is 0 Å². The smallest absolute Gasteiger partial charge is 0.264 e. The maximum absolute atomic E-state index is 12.2. The minimum absolute atomic E-state index is 0. The molecule has 0 saturated carbocycles. The van der Waals surface area contributed by atoms with Crippen LogP contribution in [-0.4, -0.2) is 61.0 Å². The highest BCUT2D eigenvalue weighted by Gasteiger charge is 2.28. The highest BCUT2D eigenvalue weighted by Crippen LogP contribution is 2.16. The summed E-state index contributed by atoms with van der Waals surface area (Å²) in [5.74, 6) is 0.203. The van der Waals surface area contributed by atoms with E-state index in [0.717, 1.165) is 44.1 Å². The van der Waals surface area contributed by atoms with Crippen LogP contribution in [0.4, 0.5) is 0 Å². The Kier molecular flexibility index (Phi) is 5.21. The molecule has 1 aromatic heterocycles. The Bertz CT molecular complexity index is 398. The molecule has 0 aliphatic carbocycles. The van der Waals surface area contributed by atoms with Gasteiger partial charge >= 0.3 is 0 Å². The van der Waals surface area contributed by atoms with Crippen LogP contribution in [0.1, 0.15) is 16.1 Å². The Morgan fingerprint density at radius 2 is 2.11 bits per heavy atom. The molecule has 4 nitrogen and oxygen atoms in total. The van der Waals surface area contributed by atoms with Crippen molar-refractivity contribution in [1.82, 2.24) is 15.1 Å². The molecular formula is C13H20ClN3OS. The van der Waals surface area contributed by atoms with E-state index in [1.165, 1.54) is 17.8 Å². The first-order chi connectivity index (χ1) is 8.84. The number of carbonyl (C=O) groups is 1. The average Bonchev–Trinajstić information content (AvgIpc) is 3.11. The second-order valence-electron chi connectivity index (χ2n) is 4.95. The van der Waals surface area contributed by atoms with Crippen molar-refractivity contribution in [3.63, 3.8) is 0 Å². The van der Waals surface area contributed by atoms with Crippen LogP contribution in [0.3, 0.4) is 0 Å². The van der Waals surface area contributed by atoms with Gasteiger partial charge in [-0.2, -0.15) is 0 Å². The second-order valence-corrected chi connectivity index (χ2v) is 5.90. The fourth-order valence-electron chi connectivity index (χ4n) is 2.80. The number of piperazine rings is 1. The van der Waals surface area contributed by atoms with E-state index in [1.807, 2.05) is 22.4 Å². The van der Waals surface area contributed by atoms with E-state index in [2.05, 4.69) is 10.2 Å². The van der Waals surface area contributed by atoms with Crippen LogP contribution in [-0.2, 0) is 0 Å².